The number of aryl methyl sites for hydroxylation is 2. The molecule has 20 heavy (non-hydrogen) atoms. The maximum atomic E-state index is 12.1. The summed E-state index contributed by atoms with van der Waals surface area (Å²) in [5.74, 6) is 0.0523. The Kier molecular flexibility index (Phi) is 4.39. The molecule has 1 aromatic heterocycles. The van der Waals surface area contributed by atoms with Crippen LogP contribution >= 0.6 is 0 Å². The number of aromatic carboxylic acids is 1. The Labute approximate surface area is 119 Å². The zero-order chi connectivity index (χ0) is 14.7. The predicted octanol–water partition coefficient (Wildman–Crippen LogP) is 3.04. The van der Waals surface area contributed by atoms with Crippen LogP contribution in [-0.2, 0) is 22.3 Å². The van der Waals surface area contributed by atoms with Gasteiger partial charge in [-0.15, -0.1) is 0 Å². The molecular weight excluding hydrogens is 276 g/mol. The number of hydrogen-bond donors (Lipinski definition) is 1. The first-order valence-corrected chi connectivity index (χ1v) is 7.65. The molecule has 0 aliphatic carbocycles. The molecule has 1 unspecified atom stereocenters. The van der Waals surface area contributed by atoms with E-state index in [1.165, 1.54) is 12.3 Å². The van der Waals surface area contributed by atoms with Gasteiger partial charge in [0.15, 0.2) is 0 Å². The molecule has 0 aliphatic heterocycles. The van der Waals surface area contributed by atoms with Crippen LogP contribution in [0.15, 0.2) is 34.9 Å². The Balaban J connectivity index is 2.03. The molecule has 0 aliphatic rings. The largest absolute Gasteiger partial charge is 0.478 e. The number of carboxylic acid groups (broad SMARTS) is 1. The molecule has 0 saturated heterocycles. The number of carbonyl (C=O) groups is 1. The molecule has 1 aromatic carbocycles. The van der Waals surface area contributed by atoms with Crippen molar-refractivity contribution in [1.29, 1.82) is 0 Å². The number of carboxylic acids is 1. The Bertz CT molecular complexity index is 637. The summed E-state index contributed by atoms with van der Waals surface area (Å²) >= 11 is 0. The predicted molar refractivity (Wildman–Crippen MR) is 77.1 cm³/mol. The lowest BCUT2D eigenvalue weighted by Crippen LogP contribution is -2.00. The van der Waals surface area contributed by atoms with Crippen LogP contribution in [0.5, 0.6) is 0 Å². The molecule has 0 spiro atoms. The van der Waals surface area contributed by atoms with Crippen LogP contribution < -0.4 is 0 Å². The van der Waals surface area contributed by atoms with Crippen LogP contribution in [0, 0.1) is 13.8 Å². The van der Waals surface area contributed by atoms with Gasteiger partial charge in [-0.2, -0.15) is 0 Å². The molecule has 0 bridgehead atoms. The molecule has 0 saturated carbocycles. The number of furan rings is 1. The fraction of sp³-hybridized carbons (Fsp3) is 0.267. The summed E-state index contributed by atoms with van der Waals surface area (Å²) in [5, 5.41) is 8.79. The smallest absolute Gasteiger partial charge is 0.338 e. The van der Waals surface area contributed by atoms with Gasteiger partial charge in [-0.3, -0.25) is 4.21 Å². The Hall–Kier alpha value is -1.88. The average Bonchev–Trinajstić information content (AvgIpc) is 2.75. The second-order valence-corrected chi connectivity index (χ2v) is 6.29. The molecule has 5 heteroatoms. The van der Waals surface area contributed by atoms with Crippen LogP contribution in [0.4, 0.5) is 0 Å². The molecule has 1 atom stereocenters. The van der Waals surface area contributed by atoms with Gasteiger partial charge >= 0.3 is 5.97 Å². The minimum absolute atomic E-state index is 0.0865. The number of hydrogen-bond acceptors (Lipinski definition) is 3. The van der Waals surface area contributed by atoms with Crippen molar-refractivity contribution in [3.05, 3.63) is 58.5 Å². The molecule has 2 rings (SSSR count). The third kappa shape index (κ3) is 3.81. The lowest BCUT2D eigenvalue weighted by Gasteiger charge is -2.04. The van der Waals surface area contributed by atoms with Crippen molar-refractivity contribution >= 4 is 16.8 Å². The second kappa shape index (κ2) is 6.05. The molecule has 4 nitrogen and oxygen atoms in total. The maximum Gasteiger partial charge on any atom is 0.338 e. The Morgan fingerprint density at radius 3 is 2.35 bits per heavy atom. The van der Waals surface area contributed by atoms with Gasteiger partial charge in [0, 0.05) is 16.6 Å². The van der Waals surface area contributed by atoms with E-state index in [1.54, 1.807) is 0 Å². The molecule has 2 aromatic rings. The van der Waals surface area contributed by atoms with Crippen molar-refractivity contribution in [2.75, 3.05) is 0 Å². The number of rotatable bonds is 5. The molecule has 0 radical (unpaired) electrons. The third-order valence-corrected chi connectivity index (χ3v) is 4.07. The molecule has 0 fully saturated rings. The highest BCUT2D eigenvalue weighted by Gasteiger charge is 2.11. The van der Waals surface area contributed by atoms with E-state index in [9.17, 15) is 9.00 Å². The summed E-state index contributed by atoms with van der Waals surface area (Å²) in [5.41, 5.74) is 3.39. The lowest BCUT2D eigenvalue weighted by atomic mass is 10.1. The van der Waals surface area contributed by atoms with Crippen LogP contribution in [0.1, 0.15) is 32.8 Å². The van der Waals surface area contributed by atoms with Gasteiger partial charge in [0.2, 0.25) is 0 Å². The molecule has 1 heterocycles. The van der Waals surface area contributed by atoms with E-state index >= 15 is 0 Å². The zero-order valence-corrected chi connectivity index (χ0v) is 12.2. The highest BCUT2D eigenvalue weighted by atomic mass is 32.2. The van der Waals surface area contributed by atoms with Gasteiger partial charge in [0.05, 0.1) is 11.3 Å². The van der Waals surface area contributed by atoms with Gasteiger partial charge < -0.3 is 9.52 Å². The summed E-state index contributed by atoms with van der Waals surface area (Å²) in [6.45, 7) is 4.01. The van der Waals surface area contributed by atoms with Gasteiger partial charge in [0.1, 0.15) is 12.0 Å². The van der Waals surface area contributed by atoms with E-state index in [2.05, 4.69) is 6.07 Å². The van der Waals surface area contributed by atoms with Crippen LogP contribution in [-0.4, -0.2) is 15.3 Å². The fourth-order valence-electron chi connectivity index (χ4n) is 2.12. The quantitative estimate of drug-likeness (QED) is 0.919. The second-order valence-electron chi connectivity index (χ2n) is 4.83. The standard InChI is InChI=1S/C15H16O4S/c1-10-3-11(2)5-12(4-10)8-20(18)9-14-6-13(7-19-14)15(16)17/h3-7H,8-9H2,1-2H3,(H,16,17). The van der Waals surface area contributed by atoms with Gasteiger partial charge in [0.25, 0.3) is 0 Å². The van der Waals surface area contributed by atoms with Gasteiger partial charge in [-0.1, -0.05) is 29.3 Å². The van der Waals surface area contributed by atoms with E-state index in [0.29, 0.717) is 11.5 Å². The molecular formula is C15H16O4S. The topological polar surface area (TPSA) is 67.5 Å². The molecule has 106 valence electrons. The first-order chi connectivity index (χ1) is 9.44. The minimum atomic E-state index is -1.13. The first kappa shape index (κ1) is 14.5. The van der Waals surface area contributed by atoms with Crippen molar-refractivity contribution in [1.82, 2.24) is 0 Å². The Morgan fingerprint density at radius 2 is 1.80 bits per heavy atom. The van der Waals surface area contributed by atoms with Gasteiger partial charge in [-0.05, 0) is 25.5 Å². The lowest BCUT2D eigenvalue weighted by molar-refractivity contribution is 0.0696. The maximum absolute atomic E-state index is 12.1. The van der Waals surface area contributed by atoms with Crippen molar-refractivity contribution in [2.24, 2.45) is 0 Å². The van der Waals surface area contributed by atoms with Crippen molar-refractivity contribution in [2.45, 2.75) is 25.4 Å². The number of benzene rings is 1. The Morgan fingerprint density at radius 1 is 1.15 bits per heavy atom. The highest BCUT2D eigenvalue weighted by Crippen LogP contribution is 2.15. The van der Waals surface area contributed by atoms with Crippen molar-refractivity contribution < 1.29 is 18.5 Å². The van der Waals surface area contributed by atoms with Crippen molar-refractivity contribution in [3.63, 3.8) is 0 Å². The van der Waals surface area contributed by atoms with E-state index < -0.39 is 16.8 Å². The summed E-state index contributed by atoms with van der Waals surface area (Å²) in [4.78, 5) is 10.7. The van der Waals surface area contributed by atoms with Crippen molar-refractivity contribution in [3.8, 4) is 0 Å². The van der Waals surface area contributed by atoms with E-state index in [-0.39, 0.29) is 11.3 Å². The third-order valence-electron chi connectivity index (χ3n) is 2.81. The highest BCUT2D eigenvalue weighted by molar-refractivity contribution is 7.83. The summed E-state index contributed by atoms with van der Waals surface area (Å²) in [6, 6.07) is 7.51. The van der Waals surface area contributed by atoms with E-state index in [1.807, 2.05) is 26.0 Å². The average molecular weight is 292 g/mol. The van der Waals surface area contributed by atoms with Crippen LogP contribution in [0.2, 0.25) is 0 Å². The van der Waals surface area contributed by atoms with E-state index in [0.717, 1.165) is 16.7 Å². The SMILES string of the molecule is Cc1cc(C)cc(CS(=O)Cc2cc(C(=O)O)co2)c1. The molecule has 0 amide bonds. The summed E-state index contributed by atoms with van der Waals surface area (Å²) in [7, 11) is -1.13. The van der Waals surface area contributed by atoms with E-state index in [4.69, 9.17) is 9.52 Å². The summed E-state index contributed by atoms with van der Waals surface area (Å²) in [6.07, 6.45) is 1.17. The zero-order valence-electron chi connectivity index (χ0n) is 11.4. The monoisotopic (exact) mass is 292 g/mol. The van der Waals surface area contributed by atoms with Crippen LogP contribution in [0.25, 0.3) is 0 Å². The fourth-order valence-corrected chi connectivity index (χ4v) is 3.23. The normalized spacial score (nSPS) is 12.3. The molecule has 1 N–H and O–H groups in total. The summed E-state index contributed by atoms with van der Waals surface area (Å²) < 4.78 is 17.2. The van der Waals surface area contributed by atoms with Gasteiger partial charge in [-0.25, -0.2) is 4.79 Å². The minimum Gasteiger partial charge on any atom is -0.478 e. The van der Waals surface area contributed by atoms with Crippen LogP contribution in [0.3, 0.4) is 0 Å². The first-order valence-electron chi connectivity index (χ1n) is 6.17.